The van der Waals surface area contributed by atoms with E-state index in [2.05, 4.69) is 5.32 Å². The van der Waals surface area contributed by atoms with E-state index in [0.717, 1.165) is 6.08 Å². The maximum atomic E-state index is 13.0. The summed E-state index contributed by atoms with van der Waals surface area (Å²) in [5, 5.41) is 2.69. The molecule has 120 valence electrons. The van der Waals surface area contributed by atoms with Gasteiger partial charge in [0, 0.05) is 12.1 Å². The molecule has 1 aromatic carbocycles. The Balaban J connectivity index is 2.44. The summed E-state index contributed by atoms with van der Waals surface area (Å²) in [6.07, 6.45) is 2.59. The molecule has 0 aliphatic carbocycles. The lowest BCUT2D eigenvalue weighted by atomic mass is 10.1. The summed E-state index contributed by atoms with van der Waals surface area (Å²) >= 11 is 5.63. The average Bonchev–Trinajstić information content (AvgIpc) is 2.46. The fraction of sp³-hybridized carbons (Fsp3) is 0.375. The Bertz CT molecular complexity index is 573. The van der Waals surface area contributed by atoms with Crippen molar-refractivity contribution in [3.8, 4) is 0 Å². The number of benzene rings is 1. The van der Waals surface area contributed by atoms with Crippen LogP contribution < -0.4 is 5.32 Å². The Morgan fingerprint density at radius 1 is 1.36 bits per heavy atom. The standard InChI is InChI=1S/C16H19ClFNO3/c1-10(2)11(3)19-15(20)9-22-16(21)7-5-12-4-6-14(18)13(17)8-12/h4-8,10-11H,9H2,1-3H3,(H,19,20)/b7-5+/t11-/m0/s1. The number of nitrogens with one attached hydrogen (secondary N) is 1. The fourth-order valence-corrected chi connectivity index (χ4v) is 1.62. The summed E-state index contributed by atoms with van der Waals surface area (Å²) in [4.78, 5) is 23.0. The van der Waals surface area contributed by atoms with Crippen LogP contribution in [0.2, 0.25) is 5.02 Å². The van der Waals surface area contributed by atoms with Gasteiger partial charge in [-0.1, -0.05) is 31.5 Å². The average molecular weight is 328 g/mol. The summed E-state index contributed by atoms with van der Waals surface area (Å²) in [5.41, 5.74) is 0.557. The number of amides is 1. The molecule has 0 bridgehead atoms. The lowest BCUT2D eigenvalue weighted by molar-refractivity contribution is -0.144. The van der Waals surface area contributed by atoms with E-state index in [1.54, 1.807) is 0 Å². The molecule has 1 amide bonds. The van der Waals surface area contributed by atoms with Crippen LogP contribution in [0.25, 0.3) is 6.08 Å². The molecule has 0 unspecified atom stereocenters. The quantitative estimate of drug-likeness (QED) is 0.645. The van der Waals surface area contributed by atoms with Gasteiger partial charge >= 0.3 is 5.97 Å². The van der Waals surface area contributed by atoms with Gasteiger partial charge in [0.05, 0.1) is 5.02 Å². The summed E-state index contributed by atoms with van der Waals surface area (Å²) in [7, 11) is 0. The minimum Gasteiger partial charge on any atom is -0.452 e. The van der Waals surface area contributed by atoms with Crippen LogP contribution in [0.4, 0.5) is 4.39 Å². The van der Waals surface area contributed by atoms with Crippen molar-refractivity contribution in [1.82, 2.24) is 5.32 Å². The number of carbonyl (C=O) groups is 2. The van der Waals surface area contributed by atoms with E-state index in [0.29, 0.717) is 11.5 Å². The van der Waals surface area contributed by atoms with E-state index in [-0.39, 0.29) is 23.6 Å². The second kappa shape index (κ2) is 8.54. The van der Waals surface area contributed by atoms with Gasteiger partial charge in [0.15, 0.2) is 6.61 Å². The first-order valence-electron chi connectivity index (χ1n) is 6.89. The minimum atomic E-state index is -0.659. The predicted molar refractivity (Wildman–Crippen MR) is 83.8 cm³/mol. The van der Waals surface area contributed by atoms with Crippen molar-refractivity contribution in [3.05, 3.63) is 40.7 Å². The smallest absolute Gasteiger partial charge is 0.331 e. The zero-order valence-corrected chi connectivity index (χ0v) is 13.5. The Labute approximate surface area is 134 Å². The number of rotatable bonds is 6. The van der Waals surface area contributed by atoms with Crippen molar-refractivity contribution in [3.63, 3.8) is 0 Å². The molecule has 0 radical (unpaired) electrons. The van der Waals surface area contributed by atoms with Gasteiger partial charge in [-0.15, -0.1) is 0 Å². The molecule has 4 nitrogen and oxygen atoms in total. The summed E-state index contributed by atoms with van der Waals surface area (Å²) in [5.74, 6) is -1.25. The molecule has 1 aromatic rings. The monoisotopic (exact) mass is 327 g/mol. The molecular formula is C16H19ClFNO3. The van der Waals surface area contributed by atoms with Crippen LogP contribution in [-0.4, -0.2) is 24.5 Å². The van der Waals surface area contributed by atoms with E-state index >= 15 is 0 Å². The third-order valence-electron chi connectivity index (χ3n) is 3.09. The van der Waals surface area contributed by atoms with Crippen molar-refractivity contribution in [2.24, 2.45) is 5.92 Å². The highest BCUT2D eigenvalue weighted by atomic mass is 35.5. The third kappa shape index (κ3) is 6.26. The molecule has 0 aromatic heterocycles. The lowest BCUT2D eigenvalue weighted by Gasteiger charge is -2.16. The molecule has 0 fully saturated rings. The van der Waals surface area contributed by atoms with Gasteiger partial charge in [-0.3, -0.25) is 4.79 Å². The third-order valence-corrected chi connectivity index (χ3v) is 3.38. The molecule has 22 heavy (non-hydrogen) atoms. The number of hydrogen-bond acceptors (Lipinski definition) is 3. The van der Waals surface area contributed by atoms with Crippen molar-refractivity contribution in [2.75, 3.05) is 6.61 Å². The summed E-state index contributed by atoms with van der Waals surface area (Å²) in [6.45, 7) is 5.49. The first-order chi connectivity index (χ1) is 10.3. The van der Waals surface area contributed by atoms with E-state index in [1.165, 1.54) is 24.3 Å². The van der Waals surface area contributed by atoms with Crippen LogP contribution in [0.3, 0.4) is 0 Å². The number of halogens is 2. The van der Waals surface area contributed by atoms with Crippen molar-refractivity contribution in [2.45, 2.75) is 26.8 Å². The van der Waals surface area contributed by atoms with Crippen LogP contribution >= 0.6 is 11.6 Å². The van der Waals surface area contributed by atoms with Gasteiger partial charge in [-0.2, -0.15) is 0 Å². The first kappa shape index (κ1) is 18.2. The van der Waals surface area contributed by atoms with E-state index in [1.807, 2.05) is 20.8 Å². The van der Waals surface area contributed by atoms with E-state index in [9.17, 15) is 14.0 Å². The molecule has 0 saturated carbocycles. The van der Waals surface area contributed by atoms with Gasteiger partial charge in [0.25, 0.3) is 5.91 Å². The van der Waals surface area contributed by atoms with Gasteiger partial charge < -0.3 is 10.1 Å². The molecule has 1 N–H and O–H groups in total. The maximum Gasteiger partial charge on any atom is 0.331 e. The molecule has 1 atom stereocenters. The van der Waals surface area contributed by atoms with Crippen molar-refractivity contribution in [1.29, 1.82) is 0 Å². The van der Waals surface area contributed by atoms with Gasteiger partial charge in [-0.25, -0.2) is 9.18 Å². The highest BCUT2D eigenvalue weighted by Gasteiger charge is 2.11. The number of carbonyl (C=O) groups excluding carboxylic acids is 2. The lowest BCUT2D eigenvalue weighted by Crippen LogP contribution is -2.38. The Morgan fingerprint density at radius 3 is 2.64 bits per heavy atom. The topological polar surface area (TPSA) is 55.4 Å². The SMILES string of the molecule is CC(C)[C@H](C)NC(=O)COC(=O)/C=C/c1ccc(F)c(Cl)c1. The maximum absolute atomic E-state index is 13.0. The van der Waals surface area contributed by atoms with Crippen molar-refractivity contribution < 1.29 is 18.7 Å². The number of ether oxygens (including phenoxy) is 1. The van der Waals surface area contributed by atoms with E-state index < -0.39 is 11.8 Å². The largest absolute Gasteiger partial charge is 0.452 e. The predicted octanol–water partition coefficient (Wildman–Crippen LogP) is 3.20. The summed E-state index contributed by atoms with van der Waals surface area (Å²) in [6, 6.07) is 4.07. The second-order valence-electron chi connectivity index (χ2n) is 5.21. The van der Waals surface area contributed by atoms with Crippen LogP contribution in [-0.2, 0) is 14.3 Å². The minimum absolute atomic E-state index is 0.00287. The summed E-state index contributed by atoms with van der Waals surface area (Å²) < 4.78 is 17.8. The number of esters is 1. The molecule has 0 saturated heterocycles. The zero-order chi connectivity index (χ0) is 16.7. The molecule has 0 aliphatic rings. The molecular weight excluding hydrogens is 309 g/mol. The Morgan fingerprint density at radius 2 is 2.05 bits per heavy atom. The molecule has 1 rings (SSSR count). The molecule has 0 aliphatic heterocycles. The highest BCUT2D eigenvalue weighted by molar-refractivity contribution is 6.30. The normalized spacial score (nSPS) is 12.5. The molecule has 0 heterocycles. The van der Waals surface area contributed by atoms with Gasteiger partial charge in [0.2, 0.25) is 0 Å². The first-order valence-corrected chi connectivity index (χ1v) is 7.26. The fourth-order valence-electron chi connectivity index (χ4n) is 1.43. The highest BCUT2D eigenvalue weighted by Crippen LogP contribution is 2.16. The molecule has 6 heteroatoms. The van der Waals surface area contributed by atoms with Crippen LogP contribution in [0, 0.1) is 11.7 Å². The van der Waals surface area contributed by atoms with Crippen molar-refractivity contribution >= 4 is 29.6 Å². The molecule has 0 spiro atoms. The van der Waals surface area contributed by atoms with Gasteiger partial charge in [-0.05, 0) is 36.6 Å². The van der Waals surface area contributed by atoms with E-state index in [4.69, 9.17) is 16.3 Å². The van der Waals surface area contributed by atoms with Gasteiger partial charge in [0.1, 0.15) is 5.82 Å². The zero-order valence-electron chi connectivity index (χ0n) is 12.7. The van der Waals surface area contributed by atoms with Crippen LogP contribution in [0.5, 0.6) is 0 Å². The Kier molecular flexibility index (Phi) is 7.05. The second-order valence-corrected chi connectivity index (χ2v) is 5.62. The Hall–Kier alpha value is -1.88. The van der Waals surface area contributed by atoms with Crippen LogP contribution in [0.15, 0.2) is 24.3 Å². The van der Waals surface area contributed by atoms with Crippen LogP contribution in [0.1, 0.15) is 26.3 Å². The number of hydrogen-bond donors (Lipinski definition) is 1.